The molecule has 1 atom stereocenters. The zero-order valence-corrected chi connectivity index (χ0v) is 11.0. The maximum atomic E-state index is 11.4. The van der Waals surface area contributed by atoms with Crippen LogP contribution in [0.2, 0.25) is 0 Å². The Kier molecular flexibility index (Phi) is 3.73. The maximum absolute atomic E-state index is 11.4. The van der Waals surface area contributed by atoms with Crippen LogP contribution in [0.1, 0.15) is 39.5 Å². The number of likely N-dealkylation sites (tertiary alicyclic amines) is 1. The van der Waals surface area contributed by atoms with Crippen LogP contribution in [0.15, 0.2) is 0 Å². The number of hydrogen-bond acceptors (Lipinski definition) is 3. The van der Waals surface area contributed by atoms with E-state index in [-0.39, 0.29) is 11.9 Å². The Labute approximate surface area is 104 Å². The van der Waals surface area contributed by atoms with Crippen molar-refractivity contribution in [3.63, 3.8) is 0 Å². The topological polar surface area (TPSA) is 58.4 Å². The standard InChI is InChI=1S/C13H25N3O/c1-13(2)6-3-7-16(9-13)8-11(12(14)17)15-10-4-5-10/h10-11,15H,3-9H2,1-2H3,(H2,14,17). The Morgan fingerprint density at radius 1 is 1.53 bits per heavy atom. The van der Waals surface area contributed by atoms with Gasteiger partial charge < -0.3 is 16.0 Å². The summed E-state index contributed by atoms with van der Waals surface area (Å²) < 4.78 is 0. The lowest BCUT2D eigenvalue weighted by Crippen LogP contribution is -2.52. The molecule has 1 heterocycles. The Bertz CT molecular complexity index is 286. The van der Waals surface area contributed by atoms with Gasteiger partial charge >= 0.3 is 0 Å². The van der Waals surface area contributed by atoms with Crippen molar-refractivity contribution in [1.82, 2.24) is 10.2 Å². The summed E-state index contributed by atoms with van der Waals surface area (Å²) in [5, 5.41) is 3.35. The zero-order chi connectivity index (χ0) is 12.5. The van der Waals surface area contributed by atoms with Crippen molar-refractivity contribution >= 4 is 5.91 Å². The first-order valence-electron chi connectivity index (χ1n) is 6.74. The van der Waals surface area contributed by atoms with Gasteiger partial charge in [-0.1, -0.05) is 13.8 Å². The molecule has 0 aromatic heterocycles. The summed E-state index contributed by atoms with van der Waals surface area (Å²) in [6, 6.07) is 0.363. The highest BCUT2D eigenvalue weighted by Gasteiger charge is 2.31. The monoisotopic (exact) mass is 239 g/mol. The minimum atomic E-state index is -0.208. The summed E-state index contributed by atoms with van der Waals surface area (Å²) in [7, 11) is 0. The third-order valence-corrected chi connectivity index (χ3v) is 3.78. The Hall–Kier alpha value is -0.610. The van der Waals surface area contributed by atoms with Gasteiger partial charge in [0.15, 0.2) is 0 Å². The Morgan fingerprint density at radius 2 is 2.24 bits per heavy atom. The van der Waals surface area contributed by atoms with Crippen molar-refractivity contribution in [2.75, 3.05) is 19.6 Å². The van der Waals surface area contributed by atoms with E-state index < -0.39 is 0 Å². The van der Waals surface area contributed by atoms with Crippen molar-refractivity contribution in [1.29, 1.82) is 0 Å². The summed E-state index contributed by atoms with van der Waals surface area (Å²) in [5.74, 6) is -0.208. The predicted octanol–water partition coefficient (Wildman–Crippen LogP) is 0.714. The van der Waals surface area contributed by atoms with Gasteiger partial charge in [-0.2, -0.15) is 0 Å². The zero-order valence-electron chi connectivity index (χ0n) is 11.0. The van der Waals surface area contributed by atoms with Gasteiger partial charge in [-0.25, -0.2) is 0 Å². The van der Waals surface area contributed by atoms with Gasteiger partial charge in [0.25, 0.3) is 0 Å². The minimum Gasteiger partial charge on any atom is -0.368 e. The largest absolute Gasteiger partial charge is 0.368 e. The van der Waals surface area contributed by atoms with Crippen LogP contribution in [0.25, 0.3) is 0 Å². The first-order chi connectivity index (χ1) is 7.96. The average Bonchev–Trinajstić information content (AvgIpc) is 2.99. The van der Waals surface area contributed by atoms with Crippen molar-refractivity contribution < 1.29 is 4.79 Å². The fraction of sp³-hybridized carbons (Fsp3) is 0.923. The molecular formula is C13H25N3O. The number of nitrogens with zero attached hydrogens (tertiary/aromatic N) is 1. The number of piperidine rings is 1. The van der Waals surface area contributed by atoms with E-state index in [0.717, 1.165) is 19.6 Å². The van der Waals surface area contributed by atoms with Crippen molar-refractivity contribution in [3.8, 4) is 0 Å². The van der Waals surface area contributed by atoms with Crippen molar-refractivity contribution in [3.05, 3.63) is 0 Å². The Balaban J connectivity index is 1.85. The first kappa shape index (κ1) is 12.8. The molecule has 0 spiro atoms. The SMILES string of the molecule is CC1(C)CCCN(CC(NC2CC2)C(N)=O)C1. The summed E-state index contributed by atoms with van der Waals surface area (Å²) in [5.41, 5.74) is 5.84. The molecule has 1 aliphatic heterocycles. The lowest BCUT2D eigenvalue weighted by atomic mass is 9.84. The highest BCUT2D eigenvalue weighted by molar-refractivity contribution is 5.80. The molecule has 17 heavy (non-hydrogen) atoms. The van der Waals surface area contributed by atoms with E-state index in [1.165, 1.54) is 25.7 Å². The molecule has 1 saturated heterocycles. The second kappa shape index (κ2) is 4.94. The van der Waals surface area contributed by atoms with Crippen LogP contribution in [-0.4, -0.2) is 42.5 Å². The smallest absolute Gasteiger partial charge is 0.235 e. The molecule has 2 rings (SSSR count). The molecule has 3 N–H and O–H groups in total. The van der Waals surface area contributed by atoms with Gasteiger partial charge in [-0.05, 0) is 37.6 Å². The van der Waals surface area contributed by atoms with Gasteiger partial charge in [-0.3, -0.25) is 4.79 Å². The second-order valence-electron chi connectivity index (χ2n) is 6.40. The van der Waals surface area contributed by atoms with Gasteiger partial charge in [0.1, 0.15) is 0 Å². The average molecular weight is 239 g/mol. The van der Waals surface area contributed by atoms with Crippen molar-refractivity contribution in [2.24, 2.45) is 11.1 Å². The van der Waals surface area contributed by atoms with E-state index in [1.807, 2.05) is 0 Å². The highest BCUT2D eigenvalue weighted by Crippen LogP contribution is 2.28. The number of primary amides is 1. The number of hydrogen-bond donors (Lipinski definition) is 2. The summed E-state index contributed by atoms with van der Waals surface area (Å²) in [6.45, 7) is 7.54. The Morgan fingerprint density at radius 3 is 2.76 bits per heavy atom. The molecule has 0 radical (unpaired) electrons. The number of nitrogens with two attached hydrogens (primary N) is 1. The van der Waals surface area contributed by atoms with Gasteiger partial charge in [0, 0.05) is 19.1 Å². The summed E-state index contributed by atoms with van der Waals surface area (Å²) in [6.07, 6.45) is 4.88. The third kappa shape index (κ3) is 3.96. The number of carbonyl (C=O) groups excluding carboxylic acids is 1. The van der Waals surface area contributed by atoms with E-state index in [4.69, 9.17) is 5.73 Å². The summed E-state index contributed by atoms with van der Waals surface area (Å²) >= 11 is 0. The number of nitrogens with one attached hydrogen (secondary N) is 1. The second-order valence-corrected chi connectivity index (χ2v) is 6.40. The third-order valence-electron chi connectivity index (χ3n) is 3.78. The summed E-state index contributed by atoms with van der Waals surface area (Å²) in [4.78, 5) is 13.8. The molecular weight excluding hydrogens is 214 g/mol. The van der Waals surface area contributed by atoms with Crippen molar-refractivity contribution in [2.45, 2.75) is 51.6 Å². The molecule has 98 valence electrons. The fourth-order valence-corrected chi connectivity index (χ4v) is 2.72. The molecule has 0 aromatic rings. The minimum absolute atomic E-state index is 0.170. The van der Waals surface area contributed by atoms with Gasteiger partial charge in [0.2, 0.25) is 5.91 Å². The van der Waals surface area contributed by atoms with Crippen LogP contribution < -0.4 is 11.1 Å². The van der Waals surface area contributed by atoms with Crippen LogP contribution in [0, 0.1) is 5.41 Å². The molecule has 2 aliphatic rings. The van der Waals surface area contributed by atoms with Gasteiger partial charge in [-0.15, -0.1) is 0 Å². The quantitative estimate of drug-likeness (QED) is 0.743. The molecule has 4 nitrogen and oxygen atoms in total. The molecule has 1 saturated carbocycles. The van der Waals surface area contributed by atoms with E-state index in [2.05, 4.69) is 24.1 Å². The predicted molar refractivity (Wildman–Crippen MR) is 68.6 cm³/mol. The molecule has 1 amide bonds. The van der Waals surface area contributed by atoms with E-state index >= 15 is 0 Å². The first-order valence-corrected chi connectivity index (χ1v) is 6.74. The highest BCUT2D eigenvalue weighted by atomic mass is 16.1. The number of amides is 1. The number of carbonyl (C=O) groups is 1. The van der Waals surface area contributed by atoms with Crippen LogP contribution in [-0.2, 0) is 4.79 Å². The normalized spacial score (nSPS) is 26.7. The van der Waals surface area contributed by atoms with Gasteiger partial charge in [0.05, 0.1) is 6.04 Å². The molecule has 0 aromatic carbocycles. The lowest BCUT2D eigenvalue weighted by Gasteiger charge is -2.39. The van der Waals surface area contributed by atoms with Crippen LogP contribution in [0.4, 0.5) is 0 Å². The molecule has 0 bridgehead atoms. The van der Waals surface area contributed by atoms with Crippen LogP contribution in [0.3, 0.4) is 0 Å². The number of rotatable bonds is 5. The van der Waals surface area contributed by atoms with E-state index in [0.29, 0.717) is 11.5 Å². The van der Waals surface area contributed by atoms with Crippen LogP contribution in [0.5, 0.6) is 0 Å². The van der Waals surface area contributed by atoms with E-state index in [9.17, 15) is 4.79 Å². The fourth-order valence-electron chi connectivity index (χ4n) is 2.72. The lowest BCUT2D eigenvalue weighted by molar-refractivity contribution is -0.120. The van der Waals surface area contributed by atoms with E-state index in [1.54, 1.807) is 0 Å². The molecule has 1 aliphatic carbocycles. The molecule has 2 fully saturated rings. The van der Waals surface area contributed by atoms with Crippen LogP contribution >= 0.6 is 0 Å². The molecule has 4 heteroatoms. The maximum Gasteiger partial charge on any atom is 0.235 e. The molecule has 1 unspecified atom stereocenters.